The fourth-order valence-corrected chi connectivity index (χ4v) is 3.73. The van der Waals surface area contributed by atoms with Gasteiger partial charge in [0.2, 0.25) is 0 Å². The largest absolute Gasteiger partial charge is 0.424 e. The van der Waals surface area contributed by atoms with Crippen molar-refractivity contribution in [2.45, 2.75) is 12.5 Å². The van der Waals surface area contributed by atoms with Crippen LogP contribution in [-0.2, 0) is 11.3 Å². The van der Waals surface area contributed by atoms with Crippen LogP contribution in [0, 0.1) is 5.92 Å². The van der Waals surface area contributed by atoms with E-state index in [1.165, 1.54) is 5.56 Å². The molecule has 2 aliphatic rings. The van der Waals surface area contributed by atoms with Gasteiger partial charge in [-0.15, -0.1) is 0 Å². The number of carbonyl (C=O) groups excluding carboxylic acids is 1. The van der Waals surface area contributed by atoms with Gasteiger partial charge in [-0.05, 0) is 11.6 Å². The molecule has 4 heteroatoms. The molecule has 2 atom stereocenters. The summed E-state index contributed by atoms with van der Waals surface area (Å²) in [6, 6.07) is 16.1. The van der Waals surface area contributed by atoms with E-state index in [0.29, 0.717) is 10.8 Å². The molecule has 112 valence electrons. The Labute approximate surface area is 134 Å². The van der Waals surface area contributed by atoms with Gasteiger partial charge in [-0.2, -0.15) is 0 Å². The molecular weight excluding hydrogens is 298 g/mol. The van der Waals surface area contributed by atoms with Gasteiger partial charge in [0.15, 0.2) is 5.75 Å². The van der Waals surface area contributed by atoms with Crippen molar-refractivity contribution in [1.29, 1.82) is 0 Å². The van der Waals surface area contributed by atoms with Crippen molar-refractivity contribution in [3.63, 3.8) is 0 Å². The van der Waals surface area contributed by atoms with Crippen LogP contribution in [-0.4, -0.2) is 24.0 Å². The first kappa shape index (κ1) is 13.8. The summed E-state index contributed by atoms with van der Waals surface area (Å²) in [6.07, 6.45) is 0. The van der Waals surface area contributed by atoms with E-state index in [2.05, 4.69) is 17.0 Å². The van der Waals surface area contributed by atoms with Gasteiger partial charge in [0.1, 0.15) is 0 Å². The highest BCUT2D eigenvalue weighted by Gasteiger charge is 2.44. The maximum absolute atomic E-state index is 12.3. The van der Waals surface area contributed by atoms with Crippen LogP contribution in [0.2, 0.25) is 5.02 Å². The summed E-state index contributed by atoms with van der Waals surface area (Å²) in [5, 5.41) is 0.519. The Morgan fingerprint density at radius 3 is 2.64 bits per heavy atom. The first-order chi connectivity index (χ1) is 10.7. The van der Waals surface area contributed by atoms with E-state index in [4.69, 9.17) is 16.3 Å². The second kappa shape index (κ2) is 5.41. The first-order valence-corrected chi connectivity index (χ1v) is 7.86. The maximum atomic E-state index is 12.3. The number of hydrogen-bond acceptors (Lipinski definition) is 3. The topological polar surface area (TPSA) is 29.5 Å². The van der Waals surface area contributed by atoms with Crippen LogP contribution >= 0.6 is 11.6 Å². The number of likely N-dealkylation sites (tertiary alicyclic amines) is 1. The number of hydrogen-bond donors (Lipinski definition) is 0. The molecule has 0 N–H and O–H groups in total. The Morgan fingerprint density at radius 2 is 1.82 bits per heavy atom. The van der Waals surface area contributed by atoms with Gasteiger partial charge < -0.3 is 4.74 Å². The predicted octanol–water partition coefficient (Wildman–Crippen LogP) is 3.47. The zero-order chi connectivity index (χ0) is 15.1. The summed E-state index contributed by atoms with van der Waals surface area (Å²) in [5.74, 6) is 0.492. The predicted molar refractivity (Wildman–Crippen MR) is 85.0 cm³/mol. The van der Waals surface area contributed by atoms with Gasteiger partial charge in [0.05, 0.1) is 10.9 Å². The molecule has 1 fully saturated rings. The summed E-state index contributed by atoms with van der Waals surface area (Å²) in [5.41, 5.74) is 2.33. The van der Waals surface area contributed by atoms with Gasteiger partial charge >= 0.3 is 5.97 Å². The van der Waals surface area contributed by atoms with Crippen molar-refractivity contribution in [3.05, 3.63) is 64.7 Å². The fourth-order valence-electron chi connectivity index (χ4n) is 3.51. The summed E-state index contributed by atoms with van der Waals surface area (Å²) in [6.45, 7) is 2.46. The van der Waals surface area contributed by atoms with Crippen LogP contribution in [0.4, 0.5) is 0 Å². The number of nitrogens with zero attached hydrogens (tertiary/aromatic N) is 1. The Kier molecular flexibility index (Phi) is 3.40. The van der Waals surface area contributed by atoms with E-state index in [0.717, 1.165) is 25.2 Å². The zero-order valence-electron chi connectivity index (χ0n) is 12.0. The first-order valence-electron chi connectivity index (χ1n) is 7.49. The molecule has 2 heterocycles. The van der Waals surface area contributed by atoms with Crippen LogP contribution in [0.3, 0.4) is 0 Å². The van der Waals surface area contributed by atoms with E-state index in [9.17, 15) is 4.79 Å². The van der Waals surface area contributed by atoms with Crippen molar-refractivity contribution < 1.29 is 9.53 Å². The molecule has 0 radical (unpaired) electrons. The molecule has 0 aliphatic carbocycles. The summed E-state index contributed by atoms with van der Waals surface area (Å²) >= 11 is 6.17. The van der Waals surface area contributed by atoms with Crippen LogP contribution in [0.1, 0.15) is 17.0 Å². The number of carbonyl (C=O) groups is 1. The monoisotopic (exact) mass is 313 g/mol. The lowest BCUT2D eigenvalue weighted by Gasteiger charge is -2.26. The minimum atomic E-state index is -0.152. The molecule has 2 aromatic rings. The number of rotatable bonds is 2. The van der Waals surface area contributed by atoms with Crippen molar-refractivity contribution in [2.75, 3.05) is 13.1 Å². The quantitative estimate of drug-likeness (QED) is 0.628. The molecule has 0 unspecified atom stereocenters. The van der Waals surface area contributed by atoms with E-state index >= 15 is 0 Å². The average molecular weight is 314 g/mol. The molecule has 2 aromatic carbocycles. The molecular formula is C18H16ClNO2. The molecule has 0 bridgehead atoms. The third-order valence-electron chi connectivity index (χ3n) is 4.55. The molecule has 0 saturated carbocycles. The number of para-hydroxylation sites is 1. The van der Waals surface area contributed by atoms with Gasteiger partial charge in [0.25, 0.3) is 0 Å². The van der Waals surface area contributed by atoms with E-state index in [1.807, 2.05) is 30.3 Å². The molecule has 1 saturated heterocycles. The van der Waals surface area contributed by atoms with Gasteiger partial charge in [-0.1, -0.05) is 54.1 Å². The zero-order valence-corrected chi connectivity index (χ0v) is 12.8. The summed E-state index contributed by atoms with van der Waals surface area (Å²) in [7, 11) is 0. The number of ether oxygens (including phenoxy) is 1. The Morgan fingerprint density at radius 1 is 1.05 bits per heavy atom. The van der Waals surface area contributed by atoms with Gasteiger partial charge in [-0.3, -0.25) is 9.69 Å². The Bertz CT molecular complexity index is 716. The van der Waals surface area contributed by atoms with E-state index in [1.54, 1.807) is 6.07 Å². The van der Waals surface area contributed by atoms with Crippen LogP contribution < -0.4 is 4.74 Å². The lowest BCUT2D eigenvalue weighted by atomic mass is 9.86. The SMILES string of the molecule is O=C1Oc2c(Cl)cccc2[C@@H]2CN(Cc3ccccc3)C[C@H]12. The molecule has 2 aliphatic heterocycles. The maximum Gasteiger partial charge on any atom is 0.316 e. The van der Waals surface area contributed by atoms with Gasteiger partial charge in [0, 0.05) is 31.1 Å². The van der Waals surface area contributed by atoms with Crippen molar-refractivity contribution in [3.8, 4) is 5.75 Å². The molecule has 4 rings (SSSR count). The number of halogens is 1. The van der Waals surface area contributed by atoms with E-state index < -0.39 is 0 Å². The van der Waals surface area contributed by atoms with Crippen LogP contribution in [0.5, 0.6) is 5.75 Å². The smallest absolute Gasteiger partial charge is 0.316 e. The van der Waals surface area contributed by atoms with Crippen molar-refractivity contribution >= 4 is 17.6 Å². The lowest BCUT2D eigenvalue weighted by molar-refractivity contribution is -0.140. The van der Waals surface area contributed by atoms with Gasteiger partial charge in [-0.25, -0.2) is 0 Å². The third-order valence-corrected chi connectivity index (χ3v) is 4.84. The normalized spacial score (nSPS) is 23.8. The highest BCUT2D eigenvalue weighted by Crippen LogP contribution is 2.45. The van der Waals surface area contributed by atoms with Crippen LogP contribution in [0.25, 0.3) is 0 Å². The standard InChI is InChI=1S/C18H16ClNO2/c19-16-8-4-7-13-14-10-20(9-12-5-2-1-3-6-12)11-15(14)18(21)22-17(13)16/h1-8,14-15H,9-11H2/t14-,15-/m0/s1. The minimum absolute atomic E-state index is 0.0883. The average Bonchev–Trinajstić information content (AvgIpc) is 2.94. The highest BCUT2D eigenvalue weighted by atomic mass is 35.5. The lowest BCUT2D eigenvalue weighted by Crippen LogP contribution is -2.31. The highest BCUT2D eigenvalue weighted by molar-refractivity contribution is 6.32. The third kappa shape index (κ3) is 2.31. The van der Waals surface area contributed by atoms with Crippen molar-refractivity contribution in [1.82, 2.24) is 4.90 Å². The molecule has 0 amide bonds. The number of esters is 1. The number of fused-ring (bicyclic) bond motifs is 3. The second-order valence-corrected chi connectivity index (χ2v) is 6.38. The Balaban J connectivity index is 1.61. The molecule has 0 aromatic heterocycles. The summed E-state index contributed by atoms with van der Waals surface area (Å²) in [4.78, 5) is 14.6. The van der Waals surface area contributed by atoms with Crippen molar-refractivity contribution in [2.24, 2.45) is 5.92 Å². The molecule has 0 spiro atoms. The van der Waals surface area contributed by atoms with E-state index in [-0.39, 0.29) is 17.8 Å². The fraction of sp³-hybridized carbons (Fsp3) is 0.278. The minimum Gasteiger partial charge on any atom is -0.424 e. The molecule has 3 nitrogen and oxygen atoms in total. The molecule has 22 heavy (non-hydrogen) atoms. The summed E-state index contributed by atoms with van der Waals surface area (Å²) < 4.78 is 5.48. The second-order valence-electron chi connectivity index (χ2n) is 5.97. The Hall–Kier alpha value is -1.84. The number of benzene rings is 2. The van der Waals surface area contributed by atoms with Crippen LogP contribution in [0.15, 0.2) is 48.5 Å².